The van der Waals surface area contributed by atoms with Crippen molar-refractivity contribution < 1.29 is 14.8 Å². The molecule has 0 spiro atoms. The van der Waals surface area contributed by atoms with Crippen LogP contribution in [0.4, 0.5) is 0 Å². The number of hydrogen-bond donors (Lipinski definition) is 1. The van der Waals surface area contributed by atoms with Gasteiger partial charge in [0, 0.05) is 12.8 Å². The van der Waals surface area contributed by atoms with Crippen molar-refractivity contribution in [2.24, 2.45) is 0 Å². The summed E-state index contributed by atoms with van der Waals surface area (Å²) in [5.41, 5.74) is 0.344. The first-order chi connectivity index (χ1) is 10.1. The second-order valence-electron chi connectivity index (χ2n) is 5.46. The maximum atomic E-state index is 10.9. The van der Waals surface area contributed by atoms with E-state index < -0.39 is 5.97 Å². The summed E-state index contributed by atoms with van der Waals surface area (Å²) >= 11 is 0. The summed E-state index contributed by atoms with van der Waals surface area (Å²) in [6.07, 6.45) is 12.1. The molecule has 5 heteroatoms. The van der Waals surface area contributed by atoms with Crippen molar-refractivity contribution in [1.29, 1.82) is 0 Å². The van der Waals surface area contributed by atoms with Crippen LogP contribution < -0.4 is 0 Å². The zero-order valence-electron chi connectivity index (χ0n) is 13.2. The van der Waals surface area contributed by atoms with Crippen molar-refractivity contribution in [3.8, 4) is 0 Å². The highest BCUT2D eigenvalue weighted by Gasteiger charge is 2.09. The number of nitro groups is 1. The van der Waals surface area contributed by atoms with Crippen LogP contribution in [0, 0.1) is 10.1 Å². The van der Waals surface area contributed by atoms with Gasteiger partial charge in [0.05, 0.1) is 4.92 Å². The fourth-order valence-electron chi connectivity index (χ4n) is 2.22. The number of rotatable bonds is 14. The smallest absolute Gasteiger partial charge is 0.303 e. The Bertz CT molecular complexity index is 326. The zero-order valence-corrected chi connectivity index (χ0v) is 13.2. The van der Waals surface area contributed by atoms with Gasteiger partial charge in [-0.1, -0.05) is 45.4 Å². The van der Waals surface area contributed by atoms with Gasteiger partial charge < -0.3 is 5.11 Å². The van der Waals surface area contributed by atoms with E-state index in [1.54, 1.807) is 6.08 Å². The monoisotopic (exact) mass is 299 g/mol. The van der Waals surface area contributed by atoms with Gasteiger partial charge in [-0.05, 0) is 31.8 Å². The Hall–Kier alpha value is -1.39. The van der Waals surface area contributed by atoms with Crippen molar-refractivity contribution in [2.75, 3.05) is 0 Å². The molecule has 0 aliphatic carbocycles. The molecular formula is C16H29NO4. The molecule has 0 unspecified atom stereocenters. The van der Waals surface area contributed by atoms with Crippen molar-refractivity contribution in [1.82, 2.24) is 0 Å². The summed E-state index contributed by atoms with van der Waals surface area (Å²) in [5.74, 6) is -0.753. The molecule has 0 aliphatic rings. The van der Waals surface area contributed by atoms with Crippen LogP contribution in [0.3, 0.4) is 0 Å². The van der Waals surface area contributed by atoms with E-state index in [-0.39, 0.29) is 11.3 Å². The average Bonchev–Trinajstić information content (AvgIpc) is 2.43. The van der Waals surface area contributed by atoms with Crippen LogP contribution >= 0.6 is 0 Å². The van der Waals surface area contributed by atoms with Gasteiger partial charge in [-0.3, -0.25) is 14.9 Å². The SMILES string of the molecule is CCCCCC/C=C(/CCCCCCCC(=O)O)[N+](=O)[O-]. The lowest BCUT2D eigenvalue weighted by atomic mass is 10.1. The van der Waals surface area contributed by atoms with Gasteiger partial charge in [-0.15, -0.1) is 0 Å². The molecule has 5 nitrogen and oxygen atoms in total. The van der Waals surface area contributed by atoms with Crippen LogP contribution in [-0.4, -0.2) is 16.0 Å². The molecule has 0 aliphatic heterocycles. The van der Waals surface area contributed by atoms with E-state index in [1.165, 1.54) is 12.8 Å². The number of nitrogens with zero attached hydrogens (tertiary/aromatic N) is 1. The Balaban J connectivity index is 3.71. The molecule has 0 saturated carbocycles. The first-order valence-corrected chi connectivity index (χ1v) is 8.13. The topological polar surface area (TPSA) is 80.4 Å². The third-order valence-corrected chi connectivity index (χ3v) is 3.50. The minimum Gasteiger partial charge on any atom is -0.481 e. The highest BCUT2D eigenvalue weighted by Crippen LogP contribution is 2.14. The molecule has 1 N–H and O–H groups in total. The fraction of sp³-hybridized carbons (Fsp3) is 0.812. The van der Waals surface area contributed by atoms with E-state index in [1.807, 2.05) is 0 Å². The molecule has 0 aromatic carbocycles. The van der Waals surface area contributed by atoms with E-state index in [9.17, 15) is 14.9 Å². The lowest BCUT2D eigenvalue weighted by Gasteiger charge is -2.01. The zero-order chi connectivity index (χ0) is 15.9. The number of carboxylic acid groups (broad SMARTS) is 1. The van der Waals surface area contributed by atoms with Crippen molar-refractivity contribution in [3.63, 3.8) is 0 Å². The maximum absolute atomic E-state index is 10.9. The summed E-state index contributed by atoms with van der Waals surface area (Å²) in [6.45, 7) is 2.15. The van der Waals surface area contributed by atoms with Crippen LogP contribution in [0.2, 0.25) is 0 Å². The Morgan fingerprint density at radius 3 is 2.14 bits per heavy atom. The van der Waals surface area contributed by atoms with Crippen molar-refractivity contribution in [2.45, 2.75) is 84.0 Å². The Morgan fingerprint density at radius 1 is 1.00 bits per heavy atom. The molecule has 122 valence electrons. The average molecular weight is 299 g/mol. The van der Waals surface area contributed by atoms with Crippen LogP contribution in [-0.2, 0) is 4.79 Å². The van der Waals surface area contributed by atoms with Crippen LogP contribution in [0.25, 0.3) is 0 Å². The molecular weight excluding hydrogens is 270 g/mol. The molecule has 0 radical (unpaired) electrons. The Kier molecular flexibility index (Phi) is 12.7. The molecule has 0 fully saturated rings. The molecule has 0 amide bonds. The number of carboxylic acids is 1. The largest absolute Gasteiger partial charge is 0.481 e. The van der Waals surface area contributed by atoms with Gasteiger partial charge in [0.15, 0.2) is 0 Å². The first kappa shape index (κ1) is 19.6. The summed E-state index contributed by atoms with van der Waals surface area (Å²) in [6, 6.07) is 0. The van der Waals surface area contributed by atoms with Crippen molar-refractivity contribution >= 4 is 5.97 Å². The summed E-state index contributed by atoms with van der Waals surface area (Å²) in [7, 11) is 0. The van der Waals surface area contributed by atoms with E-state index >= 15 is 0 Å². The Labute approximate surface area is 127 Å². The van der Waals surface area contributed by atoms with Crippen LogP contribution in [0.5, 0.6) is 0 Å². The second-order valence-corrected chi connectivity index (χ2v) is 5.46. The fourth-order valence-corrected chi connectivity index (χ4v) is 2.22. The quantitative estimate of drug-likeness (QED) is 0.280. The first-order valence-electron chi connectivity index (χ1n) is 8.13. The molecule has 0 heterocycles. The molecule has 0 bridgehead atoms. The number of carbonyl (C=O) groups is 1. The molecule has 0 saturated heterocycles. The van der Waals surface area contributed by atoms with Gasteiger partial charge in [-0.2, -0.15) is 0 Å². The molecule has 21 heavy (non-hydrogen) atoms. The lowest BCUT2D eigenvalue weighted by molar-refractivity contribution is -0.428. The highest BCUT2D eigenvalue weighted by molar-refractivity contribution is 5.66. The summed E-state index contributed by atoms with van der Waals surface area (Å²) in [5, 5.41) is 19.4. The second kappa shape index (κ2) is 13.6. The molecule has 0 atom stereocenters. The predicted octanol–water partition coefficient (Wildman–Crippen LogP) is 4.93. The minimum absolute atomic E-state index is 0.220. The molecule has 0 aromatic heterocycles. The van der Waals surface area contributed by atoms with Gasteiger partial charge in [0.2, 0.25) is 5.70 Å². The van der Waals surface area contributed by atoms with Crippen molar-refractivity contribution in [3.05, 3.63) is 21.9 Å². The summed E-state index contributed by atoms with van der Waals surface area (Å²) < 4.78 is 0. The van der Waals surface area contributed by atoms with Crippen LogP contribution in [0.15, 0.2) is 11.8 Å². The third-order valence-electron chi connectivity index (χ3n) is 3.50. The minimum atomic E-state index is -0.753. The van der Waals surface area contributed by atoms with Gasteiger partial charge in [-0.25, -0.2) is 0 Å². The maximum Gasteiger partial charge on any atom is 0.303 e. The highest BCUT2D eigenvalue weighted by atomic mass is 16.6. The number of allylic oxidation sites excluding steroid dienone is 2. The molecule has 0 rings (SSSR count). The normalized spacial score (nSPS) is 11.6. The molecule has 0 aromatic rings. The van der Waals surface area contributed by atoms with E-state index in [4.69, 9.17) is 5.11 Å². The van der Waals surface area contributed by atoms with E-state index in [2.05, 4.69) is 6.92 Å². The number of hydrogen-bond acceptors (Lipinski definition) is 3. The lowest BCUT2D eigenvalue weighted by Crippen LogP contribution is -1.99. The Morgan fingerprint density at radius 2 is 1.57 bits per heavy atom. The predicted molar refractivity (Wildman–Crippen MR) is 83.8 cm³/mol. The van der Waals surface area contributed by atoms with Gasteiger partial charge >= 0.3 is 5.97 Å². The number of unbranched alkanes of at least 4 members (excludes halogenated alkanes) is 8. The third kappa shape index (κ3) is 13.4. The van der Waals surface area contributed by atoms with Crippen LogP contribution in [0.1, 0.15) is 84.0 Å². The van der Waals surface area contributed by atoms with E-state index in [0.717, 1.165) is 44.9 Å². The van der Waals surface area contributed by atoms with E-state index in [0.29, 0.717) is 18.5 Å². The standard InChI is InChI=1S/C16H29NO4/c1-2-3-4-6-9-12-15(17(20)21)13-10-7-5-8-11-14-16(18)19/h12H,2-11,13-14H2,1H3,(H,18,19)/b15-12-. The number of aliphatic carboxylic acids is 1. The van der Waals surface area contributed by atoms with Gasteiger partial charge in [0.1, 0.15) is 0 Å². The summed E-state index contributed by atoms with van der Waals surface area (Å²) in [4.78, 5) is 21.0. The van der Waals surface area contributed by atoms with Gasteiger partial charge in [0.25, 0.3) is 0 Å².